The average Bonchev–Trinajstić information content (AvgIpc) is 2.29. The first-order valence-electron chi connectivity index (χ1n) is 5.81. The van der Waals surface area contributed by atoms with Crippen molar-refractivity contribution in [2.75, 3.05) is 0 Å². The van der Waals surface area contributed by atoms with E-state index in [1.165, 1.54) is 0 Å². The predicted molar refractivity (Wildman–Crippen MR) is 68.1 cm³/mol. The highest BCUT2D eigenvalue weighted by atomic mass is 35.5. The first-order chi connectivity index (χ1) is 7.95. The molecule has 3 heteroatoms. The summed E-state index contributed by atoms with van der Waals surface area (Å²) in [5.74, 6) is 1.43. The Hall–Kier alpha value is -1.20. The van der Waals surface area contributed by atoms with E-state index < -0.39 is 0 Å². The SMILES string of the molecule is C[C@H]1CC(Oc2ccc(C#N)c(Cl)c2)C1(C)C. The number of nitriles is 1. The smallest absolute Gasteiger partial charge is 0.121 e. The molecule has 0 heterocycles. The van der Waals surface area contributed by atoms with Crippen LogP contribution in [-0.4, -0.2) is 6.10 Å². The van der Waals surface area contributed by atoms with Gasteiger partial charge in [0, 0.05) is 11.5 Å². The molecular weight excluding hydrogens is 234 g/mol. The minimum atomic E-state index is 0.209. The van der Waals surface area contributed by atoms with Crippen LogP contribution in [0.2, 0.25) is 5.02 Å². The van der Waals surface area contributed by atoms with Crippen LogP contribution in [0.1, 0.15) is 32.8 Å². The van der Waals surface area contributed by atoms with Crippen LogP contribution in [0.25, 0.3) is 0 Å². The van der Waals surface area contributed by atoms with Crippen LogP contribution in [0.4, 0.5) is 0 Å². The highest BCUT2D eigenvalue weighted by molar-refractivity contribution is 6.31. The highest BCUT2D eigenvalue weighted by Gasteiger charge is 2.47. The third-order valence-corrected chi connectivity index (χ3v) is 4.32. The zero-order chi connectivity index (χ0) is 12.6. The normalized spacial score (nSPS) is 25.8. The molecule has 0 bridgehead atoms. The fourth-order valence-corrected chi connectivity index (χ4v) is 2.32. The first kappa shape index (κ1) is 12.3. The second-order valence-corrected chi connectivity index (χ2v) is 5.73. The van der Waals surface area contributed by atoms with Gasteiger partial charge in [0.25, 0.3) is 0 Å². The Morgan fingerprint density at radius 2 is 2.18 bits per heavy atom. The summed E-state index contributed by atoms with van der Waals surface area (Å²) in [4.78, 5) is 0. The van der Waals surface area contributed by atoms with E-state index in [1.54, 1.807) is 12.1 Å². The van der Waals surface area contributed by atoms with Crippen molar-refractivity contribution in [2.45, 2.75) is 33.3 Å². The zero-order valence-electron chi connectivity index (χ0n) is 10.3. The van der Waals surface area contributed by atoms with E-state index in [1.807, 2.05) is 12.1 Å². The molecule has 1 unspecified atom stereocenters. The van der Waals surface area contributed by atoms with Crippen molar-refractivity contribution >= 4 is 11.6 Å². The second-order valence-electron chi connectivity index (χ2n) is 5.32. The summed E-state index contributed by atoms with van der Waals surface area (Å²) in [6, 6.07) is 7.27. The molecule has 1 aromatic rings. The number of rotatable bonds is 2. The minimum absolute atomic E-state index is 0.209. The van der Waals surface area contributed by atoms with E-state index in [-0.39, 0.29) is 11.5 Å². The summed E-state index contributed by atoms with van der Waals surface area (Å²) in [5, 5.41) is 9.24. The standard InChI is InChI=1S/C14H16ClNO/c1-9-6-13(14(9,2)3)17-11-5-4-10(8-16)12(15)7-11/h4-5,7,9,13H,6H2,1-3H3/t9-,13?/m0/s1. The molecule has 1 aliphatic rings. The van der Waals surface area contributed by atoms with E-state index in [2.05, 4.69) is 20.8 Å². The summed E-state index contributed by atoms with van der Waals surface area (Å²) >= 11 is 5.97. The molecule has 1 aliphatic carbocycles. The number of benzene rings is 1. The molecule has 0 amide bonds. The molecule has 0 spiro atoms. The summed E-state index contributed by atoms with van der Waals surface area (Å²) in [6.07, 6.45) is 1.31. The van der Waals surface area contributed by atoms with Gasteiger partial charge in [0.2, 0.25) is 0 Å². The van der Waals surface area contributed by atoms with Gasteiger partial charge < -0.3 is 4.74 Å². The van der Waals surface area contributed by atoms with Crippen LogP contribution in [0.5, 0.6) is 5.75 Å². The maximum atomic E-state index is 8.79. The number of nitrogens with zero attached hydrogens (tertiary/aromatic N) is 1. The zero-order valence-corrected chi connectivity index (χ0v) is 11.1. The molecule has 1 aromatic carbocycles. The molecule has 0 saturated heterocycles. The summed E-state index contributed by atoms with van der Waals surface area (Å²) < 4.78 is 5.92. The van der Waals surface area contributed by atoms with Crippen LogP contribution < -0.4 is 4.74 Å². The Kier molecular flexibility index (Phi) is 3.05. The van der Waals surface area contributed by atoms with E-state index in [0.29, 0.717) is 16.5 Å². The maximum Gasteiger partial charge on any atom is 0.121 e. The Morgan fingerprint density at radius 1 is 1.47 bits per heavy atom. The number of halogens is 1. The number of hydrogen-bond acceptors (Lipinski definition) is 2. The van der Waals surface area contributed by atoms with Gasteiger partial charge >= 0.3 is 0 Å². The quantitative estimate of drug-likeness (QED) is 0.793. The Labute approximate surface area is 107 Å². The lowest BCUT2D eigenvalue weighted by atomic mass is 9.61. The Morgan fingerprint density at radius 3 is 2.65 bits per heavy atom. The van der Waals surface area contributed by atoms with Crippen molar-refractivity contribution < 1.29 is 4.74 Å². The third kappa shape index (κ3) is 2.12. The van der Waals surface area contributed by atoms with Gasteiger partial charge in [-0.3, -0.25) is 0 Å². The van der Waals surface area contributed by atoms with Crippen molar-refractivity contribution in [1.82, 2.24) is 0 Å². The lowest BCUT2D eigenvalue weighted by Gasteiger charge is -2.50. The van der Waals surface area contributed by atoms with Crippen LogP contribution in [0, 0.1) is 22.7 Å². The van der Waals surface area contributed by atoms with E-state index >= 15 is 0 Å². The molecule has 2 rings (SSSR count). The molecule has 1 fully saturated rings. The fraction of sp³-hybridized carbons (Fsp3) is 0.500. The monoisotopic (exact) mass is 249 g/mol. The van der Waals surface area contributed by atoms with Crippen LogP contribution in [0.15, 0.2) is 18.2 Å². The van der Waals surface area contributed by atoms with Crippen LogP contribution in [-0.2, 0) is 0 Å². The van der Waals surface area contributed by atoms with Crippen molar-refractivity contribution in [2.24, 2.45) is 11.3 Å². The van der Waals surface area contributed by atoms with E-state index in [9.17, 15) is 0 Å². The molecule has 2 nitrogen and oxygen atoms in total. The predicted octanol–water partition coefficient (Wildman–Crippen LogP) is 4.03. The topological polar surface area (TPSA) is 33.0 Å². The molecule has 0 N–H and O–H groups in total. The first-order valence-corrected chi connectivity index (χ1v) is 6.19. The highest BCUT2D eigenvalue weighted by Crippen LogP contribution is 2.47. The van der Waals surface area contributed by atoms with Gasteiger partial charge in [0.1, 0.15) is 17.9 Å². The lowest BCUT2D eigenvalue weighted by Crippen LogP contribution is -2.51. The summed E-state index contributed by atoms with van der Waals surface area (Å²) in [5.41, 5.74) is 0.695. The van der Waals surface area contributed by atoms with Crippen LogP contribution >= 0.6 is 11.6 Å². The summed E-state index contributed by atoms with van der Waals surface area (Å²) in [7, 11) is 0. The largest absolute Gasteiger partial charge is 0.490 e. The Bertz CT molecular complexity index is 476. The van der Waals surface area contributed by atoms with Crippen LogP contribution in [0.3, 0.4) is 0 Å². The molecule has 0 aromatic heterocycles. The molecule has 0 aliphatic heterocycles. The van der Waals surface area contributed by atoms with Gasteiger partial charge in [-0.2, -0.15) is 5.26 Å². The van der Waals surface area contributed by atoms with Crippen molar-refractivity contribution in [3.63, 3.8) is 0 Å². The van der Waals surface area contributed by atoms with Gasteiger partial charge in [-0.1, -0.05) is 32.4 Å². The molecular formula is C14H16ClNO. The minimum Gasteiger partial charge on any atom is -0.490 e. The van der Waals surface area contributed by atoms with E-state index in [0.717, 1.165) is 12.2 Å². The lowest BCUT2D eigenvalue weighted by molar-refractivity contribution is -0.0725. The average molecular weight is 250 g/mol. The van der Waals surface area contributed by atoms with Gasteiger partial charge in [0.15, 0.2) is 0 Å². The molecule has 90 valence electrons. The van der Waals surface area contributed by atoms with Gasteiger partial charge in [0.05, 0.1) is 10.6 Å². The Balaban J connectivity index is 2.11. The second kappa shape index (κ2) is 4.23. The summed E-state index contributed by atoms with van der Waals surface area (Å²) in [6.45, 7) is 6.68. The van der Waals surface area contributed by atoms with Crippen molar-refractivity contribution in [3.8, 4) is 11.8 Å². The molecule has 17 heavy (non-hydrogen) atoms. The maximum absolute atomic E-state index is 8.79. The van der Waals surface area contributed by atoms with Gasteiger partial charge in [-0.25, -0.2) is 0 Å². The fourth-order valence-electron chi connectivity index (χ4n) is 2.11. The molecule has 0 radical (unpaired) electrons. The van der Waals surface area contributed by atoms with Gasteiger partial charge in [-0.05, 0) is 24.5 Å². The molecule has 1 saturated carbocycles. The van der Waals surface area contributed by atoms with Gasteiger partial charge in [-0.15, -0.1) is 0 Å². The molecule has 2 atom stereocenters. The number of ether oxygens (including phenoxy) is 1. The third-order valence-electron chi connectivity index (χ3n) is 4.01. The van der Waals surface area contributed by atoms with E-state index in [4.69, 9.17) is 21.6 Å². The van der Waals surface area contributed by atoms with Crippen molar-refractivity contribution in [3.05, 3.63) is 28.8 Å². The number of hydrogen-bond donors (Lipinski definition) is 0. The van der Waals surface area contributed by atoms with Crippen molar-refractivity contribution in [1.29, 1.82) is 5.26 Å².